The number of likely N-dealkylation sites (tertiary alicyclic amines) is 1. The van der Waals surface area contributed by atoms with Gasteiger partial charge in [0.15, 0.2) is 5.75 Å². The van der Waals surface area contributed by atoms with Gasteiger partial charge in [-0.05, 0) is 32.5 Å². The molecule has 0 spiro atoms. The number of hydrogen-bond donors (Lipinski definition) is 1. The molecule has 0 radical (unpaired) electrons. The Labute approximate surface area is 118 Å². The van der Waals surface area contributed by atoms with E-state index in [9.17, 15) is 9.90 Å². The Hall–Kier alpha value is -1.75. The zero-order valence-corrected chi connectivity index (χ0v) is 11.9. The monoisotopic (exact) mass is 276 g/mol. The molecule has 20 heavy (non-hydrogen) atoms. The van der Waals surface area contributed by atoms with E-state index in [-0.39, 0.29) is 5.56 Å². The largest absolute Gasteiger partial charge is 0.489 e. The molecule has 1 fully saturated rings. The van der Waals surface area contributed by atoms with Gasteiger partial charge >= 0.3 is 5.97 Å². The third-order valence-electron chi connectivity index (χ3n) is 4.42. The third-order valence-corrected chi connectivity index (χ3v) is 4.42. The first-order chi connectivity index (χ1) is 9.58. The van der Waals surface area contributed by atoms with Crippen LogP contribution in [-0.4, -0.2) is 54.8 Å². The van der Waals surface area contributed by atoms with Crippen molar-refractivity contribution in [2.75, 3.05) is 31.6 Å². The van der Waals surface area contributed by atoms with Gasteiger partial charge in [0.05, 0.1) is 12.2 Å². The number of hydrogen-bond acceptors (Lipinski definition) is 4. The van der Waals surface area contributed by atoms with Crippen LogP contribution in [0.5, 0.6) is 5.75 Å². The van der Waals surface area contributed by atoms with Crippen molar-refractivity contribution in [2.24, 2.45) is 0 Å². The lowest BCUT2D eigenvalue weighted by atomic mass is 10.1. The van der Waals surface area contributed by atoms with Gasteiger partial charge in [-0.3, -0.25) is 0 Å². The SMILES string of the molecule is CC1CC(N2CCOc3c(C(=O)O)cccc32)CN1C. The summed E-state index contributed by atoms with van der Waals surface area (Å²) in [5, 5.41) is 9.27. The molecule has 2 atom stereocenters. The minimum absolute atomic E-state index is 0.256. The molecule has 2 aliphatic rings. The van der Waals surface area contributed by atoms with Crippen molar-refractivity contribution in [3.8, 4) is 5.75 Å². The highest BCUT2D eigenvalue weighted by Gasteiger charge is 2.34. The molecule has 1 N–H and O–H groups in total. The van der Waals surface area contributed by atoms with E-state index in [4.69, 9.17) is 4.74 Å². The van der Waals surface area contributed by atoms with Crippen LogP contribution in [0.2, 0.25) is 0 Å². The lowest BCUT2D eigenvalue weighted by Gasteiger charge is -2.36. The molecule has 5 heteroatoms. The molecule has 5 nitrogen and oxygen atoms in total. The average molecular weight is 276 g/mol. The first-order valence-electron chi connectivity index (χ1n) is 7.04. The summed E-state index contributed by atoms with van der Waals surface area (Å²) in [5.41, 5.74) is 1.18. The quantitative estimate of drug-likeness (QED) is 0.890. The highest BCUT2D eigenvalue weighted by molar-refractivity contribution is 5.93. The predicted octanol–water partition coefficient (Wildman–Crippen LogP) is 1.68. The number of benzene rings is 1. The molecule has 1 saturated heterocycles. The maximum Gasteiger partial charge on any atom is 0.339 e. The van der Waals surface area contributed by atoms with Crippen LogP contribution in [-0.2, 0) is 0 Å². The number of carbonyl (C=O) groups is 1. The van der Waals surface area contributed by atoms with E-state index in [1.807, 2.05) is 6.07 Å². The average Bonchev–Trinajstić information content (AvgIpc) is 2.77. The Balaban J connectivity index is 1.95. The Morgan fingerprint density at radius 1 is 1.45 bits per heavy atom. The smallest absolute Gasteiger partial charge is 0.339 e. The topological polar surface area (TPSA) is 53.0 Å². The molecular formula is C15H20N2O3. The molecule has 0 bridgehead atoms. The number of para-hydroxylation sites is 1. The highest BCUT2D eigenvalue weighted by Crippen LogP contribution is 2.38. The number of ether oxygens (including phenoxy) is 1. The standard InChI is InChI=1S/C15H20N2O3/c1-10-8-11(9-16(10)2)17-6-7-20-14-12(15(18)19)4-3-5-13(14)17/h3-5,10-11H,6-9H2,1-2H3,(H,18,19). The van der Waals surface area contributed by atoms with Crippen LogP contribution >= 0.6 is 0 Å². The van der Waals surface area contributed by atoms with Crippen molar-refractivity contribution in [1.82, 2.24) is 4.90 Å². The fourth-order valence-corrected chi connectivity index (χ4v) is 3.20. The molecule has 0 aromatic heterocycles. The summed E-state index contributed by atoms with van der Waals surface area (Å²) in [7, 11) is 2.14. The number of likely N-dealkylation sites (N-methyl/N-ethyl adjacent to an activating group) is 1. The van der Waals surface area contributed by atoms with E-state index < -0.39 is 5.97 Å². The molecule has 2 unspecified atom stereocenters. The second-order valence-corrected chi connectivity index (χ2v) is 5.68. The maximum atomic E-state index is 11.3. The number of rotatable bonds is 2. The van der Waals surface area contributed by atoms with E-state index in [1.54, 1.807) is 12.1 Å². The maximum absolute atomic E-state index is 11.3. The van der Waals surface area contributed by atoms with E-state index in [0.29, 0.717) is 24.4 Å². The minimum Gasteiger partial charge on any atom is -0.489 e. The van der Waals surface area contributed by atoms with Crippen LogP contribution in [0.1, 0.15) is 23.7 Å². The summed E-state index contributed by atoms with van der Waals surface area (Å²) in [5.74, 6) is -0.408. The van der Waals surface area contributed by atoms with Gasteiger partial charge in [-0.2, -0.15) is 0 Å². The van der Waals surface area contributed by atoms with Crippen molar-refractivity contribution < 1.29 is 14.6 Å². The van der Waals surface area contributed by atoms with Crippen LogP contribution in [0, 0.1) is 0 Å². The number of carboxylic acid groups (broad SMARTS) is 1. The Bertz CT molecular complexity index is 522. The molecule has 108 valence electrons. The molecule has 0 amide bonds. The lowest BCUT2D eigenvalue weighted by Crippen LogP contribution is -2.42. The number of aromatic carboxylic acids is 1. The Kier molecular flexibility index (Phi) is 3.30. The van der Waals surface area contributed by atoms with Crippen LogP contribution in [0.3, 0.4) is 0 Å². The highest BCUT2D eigenvalue weighted by atomic mass is 16.5. The number of anilines is 1. The van der Waals surface area contributed by atoms with Gasteiger partial charge in [-0.15, -0.1) is 0 Å². The van der Waals surface area contributed by atoms with Crippen LogP contribution in [0.25, 0.3) is 0 Å². The first kappa shape index (κ1) is 13.2. The van der Waals surface area contributed by atoms with E-state index in [2.05, 4.69) is 23.8 Å². The van der Waals surface area contributed by atoms with Gasteiger partial charge in [-0.1, -0.05) is 6.07 Å². The summed E-state index contributed by atoms with van der Waals surface area (Å²) in [6, 6.07) is 6.36. The van der Waals surface area contributed by atoms with Crippen LogP contribution in [0.4, 0.5) is 5.69 Å². The second-order valence-electron chi connectivity index (χ2n) is 5.68. The number of carboxylic acids is 1. The third kappa shape index (κ3) is 2.12. The van der Waals surface area contributed by atoms with Crippen molar-refractivity contribution >= 4 is 11.7 Å². The van der Waals surface area contributed by atoms with Gasteiger partial charge in [0.2, 0.25) is 0 Å². The summed E-state index contributed by atoms with van der Waals surface area (Å²) < 4.78 is 5.62. The van der Waals surface area contributed by atoms with Crippen molar-refractivity contribution in [1.29, 1.82) is 0 Å². The second kappa shape index (κ2) is 4.98. The van der Waals surface area contributed by atoms with E-state index >= 15 is 0 Å². The van der Waals surface area contributed by atoms with Gasteiger partial charge in [0.25, 0.3) is 0 Å². The number of fused-ring (bicyclic) bond motifs is 1. The summed E-state index contributed by atoms with van der Waals surface area (Å²) in [4.78, 5) is 16.0. The van der Waals surface area contributed by atoms with Crippen molar-refractivity contribution in [3.05, 3.63) is 23.8 Å². The molecule has 0 aliphatic carbocycles. The predicted molar refractivity (Wildman–Crippen MR) is 76.7 cm³/mol. The molecule has 3 rings (SSSR count). The Morgan fingerprint density at radius 2 is 2.25 bits per heavy atom. The molecule has 1 aromatic rings. The van der Waals surface area contributed by atoms with Crippen LogP contribution in [0.15, 0.2) is 18.2 Å². The molecule has 2 aliphatic heterocycles. The van der Waals surface area contributed by atoms with Crippen molar-refractivity contribution in [3.63, 3.8) is 0 Å². The zero-order valence-electron chi connectivity index (χ0n) is 11.9. The van der Waals surface area contributed by atoms with Gasteiger partial charge in [-0.25, -0.2) is 4.79 Å². The molecular weight excluding hydrogens is 256 g/mol. The Morgan fingerprint density at radius 3 is 2.90 bits per heavy atom. The molecule has 0 saturated carbocycles. The van der Waals surface area contributed by atoms with Crippen molar-refractivity contribution in [2.45, 2.75) is 25.4 Å². The lowest BCUT2D eigenvalue weighted by molar-refractivity contribution is 0.0692. The summed E-state index contributed by atoms with van der Waals surface area (Å²) in [6.07, 6.45) is 1.10. The van der Waals surface area contributed by atoms with Gasteiger partial charge in [0.1, 0.15) is 12.2 Å². The fourth-order valence-electron chi connectivity index (χ4n) is 3.20. The molecule has 2 heterocycles. The molecule has 1 aromatic carbocycles. The van der Waals surface area contributed by atoms with Gasteiger partial charge < -0.3 is 19.6 Å². The normalized spacial score (nSPS) is 26.2. The minimum atomic E-state index is -0.930. The van der Waals surface area contributed by atoms with Crippen LogP contribution < -0.4 is 9.64 Å². The number of nitrogens with zero attached hydrogens (tertiary/aromatic N) is 2. The summed E-state index contributed by atoms with van der Waals surface area (Å²) >= 11 is 0. The van der Waals surface area contributed by atoms with Gasteiger partial charge in [0, 0.05) is 18.6 Å². The zero-order chi connectivity index (χ0) is 14.3. The summed E-state index contributed by atoms with van der Waals surface area (Å²) in [6.45, 7) is 4.61. The fraction of sp³-hybridized carbons (Fsp3) is 0.533. The van der Waals surface area contributed by atoms with E-state index in [1.165, 1.54) is 0 Å². The first-order valence-corrected chi connectivity index (χ1v) is 7.04. The van der Waals surface area contributed by atoms with E-state index in [0.717, 1.165) is 25.2 Å².